The van der Waals surface area contributed by atoms with Crippen LogP contribution in [0.15, 0.2) is 14.9 Å². The number of nitrogens with one attached hydrogen (secondary N) is 1. The molecule has 0 saturated heterocycles. The van der Waals surface area contributed by atoms with Crippen molar-refractivity contribution in [2.75, 3.05) is 20.1 Å². The summed E-state index contributed by atoms with van der Waals surface area (Å²) in [5, 5.41) is 10.4. The maximum atomic E-state index is 5.25. The molecule has 140 valence electrons. The summed E-state index contributed by atoms with van der Waals surface area (Å²) in [5.41, 5.74) is 1.06. The molecule has 0 aliphatic rings. The van der Waals surface area contributed by atoms with Crippen LogP contribution in [-0.4, -0.2) is 46.1 Å². The van der Waals surface area contributed by atoms with Crippen LogP contribution < -0.4 is 5.32 Å². The highest BCUT2D eigenvalue weighted by Gasteiger charge is 2.11. The fourth-order valence-corrected chi connectivity index (χ4v) is 2.73. The highest BCUT2D eigenvalue weighted by atomic mass is 127. The second-order valence-electron chi connectivity index (χ2n) is 5.90. The molecule has 7 nitrogen and oxygen atoms in total. The fourth-order valence-electron chi connectivity index (χ4n) is 2.13. The third-order valence-corrected chi connectivity index (χ3v) is 4.17. The normalized spacial score (nSPS) is 11.5. The third kappa shape index (κ3) is 6.89. The molecule has 0 aromatic carbocycles. The standard InChI is InChI=1S/C16H26N6OS.HI/c1-6-17-16(22(5)9-13-10-24-12(4)19-13)18-8-7-14-20-15(11(2)3)21-23-14;/h10-11H,6-9H2,1-5H3,(H,17,18);1H. The van der Waals surface area contributed by atoms with Crippen LogP contribution in [0.4, 0.5) is 0 Å². The number of hydrogen-bond acceptors (Lipinski definition) is 6. The molecule has 0 spiro atoms. The molecule has 1 N–H and O–H groups in total. The van der Waals surface area contributed by atoms with E-state index in [4.69, 9.17) is 4.52 Å². The molecule has 0 atom stereocenters. The summed E-state index contributed by atoms with van der Waals surface area (Å²) >= 11 is 1.67. The molecule has 0 aliphatic carbocycles. The molecule has 0 fully saturated rings. The van der Waals surface area contributed by atoms with Gasteiger partial charge in [-0.05, 0) is 13.8 Å². The van der Waals surface area contributed by atoms with Crippen molar-refractivity contribution in [1.29, 1.82) is 0 Å². The summed E-state index contributed by atoms with van der Waals surface area (Å²) < 4.78 is 5.25. The zero-order valence-electron chi connectivity index (χ0n) is 15.4. The summed E-state index contributed by atoms with van der Waals surface area (Å²) in [7, 11) is 2.01. The summed E-state index contributed by atoms with van der Waals surface area (Å²) in [6.45, 7) is 10.3. The summed E-state index contributed by atoms with van der Waals surface area (Å²) in [4.78, 5) is 15.6. The summed E-state index contributed by atoms with van der Waals surface area (Å²) in [6.07, 6.45) is 0.637. The monoisotopic (exact) mass is 478 g/mol. The van der Waals surface area contributed by atoms with E-state index in [0.717, 1.165) is 35.6 Å². The van der Waals surface area contributed by atoms with Crippen molar-refractivity contribution in [3.63, 3.8) is 0 Å². The van der Waals surface area contributed by atoms with Gasteiger partial charge >= 0.3 is 0 Å². The van der Waals surface area contributed by atoms with E-state index in [-0.39, 0.29) is 29.9 Å². The first-order valence-electron chi connectivity index (χ1n) is 8.22. The molecule has 0 unspecified atom stereocenters. The number of guanidine groups is 1. The van der Waals surface area contributed by atoms with Gasteiger partial charge in [0.05, 0.1) is 23.8 Å². The molecular formula is C16H27IN6OS. The van der Waals surface area contributed by atoms with Gasteiger partial charge in [-0.15, -0.1) is 35.3 Å². The van der Waals surface area contributed by atoms with Gasteiger partial charge < -0.3 is 14.7 Å². The average Bonchev–Trinajstić information content (AvgIpc) is 3.15. The topological polar surface area (TPSA) is 79.4 Å². The van der Waals surface area contributed by atoms with Gasteiger partial charge in [0.1, 0.15) is 0 Å². The first-order valence-corrected chi connectivity index (χ1v) is 9.10. The second-order valence-corrected chi connectivity index (χ2v) is 6.96. The minimum Gasteiger partial charge on any atom is -0.357 e. The molecule has 0 aliphatic heterocycles. The Balaban J connectivity index is 0.00000312. The number of aliphatic imine (C=N–C) groups is 1. The van der Waals surface area contributed by atoms with E-state index in [1.165, 1.54) is 0 Å². The van der Waals surface area contributed by atoms with E-state index >= 15 is 0 Å². The predicted molar refractivity (Wildman–Crippen MR) is 112 cm³/mol. The third-order valence-electron chi connectivity index (χ3n) is 3.35. The Hall–Kier alpha value is -1.23. The first-order chi connectivity index (χ1) is 11.5. The van der Waals surface area contributed by atoms with Gasteiger partial charge in [-0.2, -0.15) is 4.98 Å². The van der Waals surface area contributed by atoms with Crippen molar-refractivity contribution in [3.8, 4) is 0 Å². The van der Waals surface area contributed by atoms with E-state index in [2.05, 4.69) is 42.6 Å². The van der Waals surface area contributed by atoms with Gasteiger partial charge in [0, 0.05) is 31.3 Å². The van der Waals surface area contributed by atoms with E-state index < -0.39 is 0 Å². The van der Waals surface area contributed by atoms with E-state index in [0.29, 0.717) is 18.9 Å². The molecule has 2 aromatic heterocycles. The van der Waals surface area contributed by atoms with Crippen LogP contribution in [0.25, 0.3) is 0 Å². The van der Waals surface area contributed by atoms with Crippen LogP contribution in [0.2, 0.25) is 0 Å². The molecule has 9 heteroatoms. The first kappa shape index (κ1) is 21.8. The quantitative estimate of drug-likeness (QED) is 0.374. The predicted octanol–water partition coefficient (Wildman–Crippen LogP) is 3.22. The molecule has 0 bridgehead atoms. The Morgan fingerprint density at radius 3 is 2.72 bits per heavy atom. The second kappa shape index (κ2) is 10.7. The molecule has 2 heterocycles. The van der Waals surface area contributed by atoms with Crippen molar-refractivity contribution in [1.82, 2.24) is 25.3 Å². The van der Waals surface area contributed by atoms with E-state index in [9.17, 15) is 0 Å². The van der Waals surface area contributed by atoms with Gasteiger partial charge in [-0.25, -0.2) is 4.98 Å². The lowest BCUT2D eigenvalue weighted by molar-refractivity contribution is 0.372. The van der Waals surface area contributed by atoms with Gasteiger partial charge in [-0.3, -0.25) is 4.99 Å². The van der Waals surface area contributed by atoms with Crippen LogP contribution in [-0.2, 0) is 13.0 Å². The number of aromatic nitrogens is 3. The Labute approximate surface area is 170 Å². The highest BCUT2D eigenvalue weighted by Crippen LogP contribution is 2.11. The largest absolute Gasteiger partial charge is 0.357 e. The number of nitrogens with zero attached hydrogens (tertiary/aromatic N) is 5. The SMILES string of the molecule is CCNC(=NCCc1nc(C(C)C)no1)N(C)Cc1csc(C)n1.I. The maximum absolute atomic E-state index is 5.25. The zero-order valence-corrected chi connectivity index (χ0v) is 18.6. The number of halogens is 1. The lowest BCUT2D eigenvalue weighted by Gasteiger charge is -2.21. The number of thiazole rings is 1. The highest BCUT2D eigenvalue weighted by molar-refractivity contribution is 14.0. The van der Waals surface area contributed by atoms with Crippen LogP contribution in [0, 0.1) is 6.92 Å². The van der Waals surface area contributed by atoms with Crippen molar-refractivity contribution in [3.05, 3.63) is 27.8 Å². The molecule has 25 heavy (non-hydrogen) atoms. The van der Waals surface area contributed by atoms with Crippen LogP contribution in [0.5, 0.6) is 0 Å². The minimum absolute atomic E-state index is 0. The van der Waals surface area contributed by atoms with Gasteiger partial charge in [0.15, 0.2) is 11.8 Å². The summed E-state index contributed by atoms with van der Waals surface area (Å²) in [6, 6.07) is 0. The van der Waals surface area contributed by atoms with E-state index in [1.54, 1.807) is 11.3 Å². The Bertz CT molecular complexity index is 669. The molecular weight excluding hydrogens is 451 g/mol. The lowest BCUT2D eigenvalue weighted by atomic mass is 10.2. The molecule has 2 aromatic rings. The van der Waals surface area contributed by atoms with Crippen molar-refractivity contribution < 1.29 is 4.52 Å². The maximum Gasteiger partial charge on any atom is 0.228 e. The van der Waals surface area contributed by atoms with Gasteiger partial charge in [-0.1, -0.05) is 19.0 Å². The van der Waals surface area contributed by atoms with Crippen molar-refractivity contribution >= 4 is 41.3 Å². The van der Waals surface area contributed by atoms with Crippen LogP contribution in [0.1, 0.15) is 49.1 Å². The number of rotatable bonds is 7. The van der Waals surface area contributed by atoms with Gasteiger partial charge in [0.25, 0.3) is 0 Å². The smallest absolute Gasteiger partial charge is 0.228 e. The molecule has 0 saturated carbocycles. The van der Waals surface area contributed by atoms with Crippen LogP contribution >= 0.6 is 35.3 Å². The average molecular weight is 478 g/mol. The van der Waals surface area contributed by atoms with Crippen molar-refractivity contribution in [2.24, 2.45) is 4.99 Å². The zero-order chi connectivity index (χ0) is 17.5. The van der Waals surface area contributed by atoms with Crippen molar-refractivity contribution in [2.45, 2.75) is 46.6 Å². The Morgan fingerprint density at radius 1 is 1.40 bits per heavy atom. The van der Waals surface area contributed by atoms with E-state index in [1.807, 2.05) is 27.8 Å². The molecule has 2 rings (SSSR count). The van der Waals surface area contributed by atoms with Crippen LogP contribution in [0.3, 0.4) is 0 Å². The number of aryl methyl sites for hydroxylation is 1. The lowest BCUT2D eigenvalue weighted by Crippen LogP contribution is -2.38. The fraction of sp³-hybridized carbons (Fsp3) is 0.625. The Kier molecular flexibility index (Phi) is 9.33. The summed E-state index contributed by atoms with van der Waals surface area (Å²) in [5.74, 6) is 2.51. The Morgan fingerprint density at radius 2 is 2.16 bits per heavy atom. The molecule has 0 amide bonds. The number of hydrogen-bond donors (Lipinski definition) is 1. The minimum atomic E-state index is 0. The molecule has 0 radical (unpaired) electrons. The van der Waals surface area contributed by atoms with Gasteiger partial charge in [0.2, 0.25) is 5.89 Å².